The SMILES string of the molecule is O=C(NC1CCN(C(=O)O)CC1)c1cnc(Cl)cn1. The van der Waals surface area contributed by atoms with Crippen LogP contribution in [-0.4, -0.2) is 51.1 Å². The van der Waals surface area contributed by atoms with Gasteiger partial charge in [0.2, 0.25) is 0 Å². The summed E-state index contributed by atoms with van der Waals surface area (Å²) < 4.78 is 0. The smallest absolute Gasteiger partial charge is 0.407 e. The number of hydrogen-bond acceptors (Lipinski definition) is 4. The van der Waals surface area contributed by atoms with Gasteiger partial charge in [-0.1, -0.05) is 11.6 Å². The number of nitrogens with zero attached hydrogens (tertiary/aromatic N) is 3. The highest BCUT2D eigenvalue weighted by Gasteiger charge is 2.23. The zero-order valence-electron chi connectivity index (χ0n) is 10.0. The van der Waals surface area contributed by atoms with Crippen LogP contribution in [0.4, 0.5) is 4.79 Å². The number of carboxylic acid groups (broad SMARTS) is 1. The molecule has 0 spiro atoms. The van der Waals surface area contributed by atoms with Crippen LogP contribution >= 0.6 is 11.6 Å². The highest BCUT2D eigenvalue weighted by molar-refractivity contribution is 6.29. The Bertz CT molecular complexity index is 471. The first-order valence-corrected chi connectivity index (χ1v) is 6.20. The van der Waals surface area contributed by atoms with Crippen molar-refractivity contribution in [1.29, 1.82) is 0 Å². The van der Waals surface area contributed by atoms with Crippen molar-refractivity contribution in [1.82, 2.24) is 20.2 Å². The van der Waals surface area contributed by atoms with E-state index in [1.54, 1.807) is 0 Å². The Hall–Kier alpha value is -1.89. The lowest BCUT2D eigenvalue weighted by Crippen LogP contribution is -2.46. The van der Waals surface area contributed by atoms with Gasteiger partial charge in [-0.25, -0.2) is 14.8 Å². The van der Waals surface area contributed by atoms with Crippen LogP contribution in [0.25, 0.3) is 0 Å². The molecule has 8 heteroatoms. The van der Waals surface area contributed by atoms with Crippen LogP contribution in [0.1, 0.15) is 23.3 Å². The summed E-state index contributed by atoms with van der Waals surface area (Å²) in [4.78, 5) is 31.6. The number of piperidine rings is 1. The summed E-state index contributed by atoms with van der Waals surface area (Å²) in [6, 6.07) is -0.0411. The Balaban J connectivity index is 1.87. The molecule has 7 nitrogen and oxygen atoms in total. The van der Waals surface area contributed by atoms with E-state index in [1.165, 1.54) is 17.3 Å². The minimum absolute atomic E-state index is 0.0411. The van der Waals surface area contributed by atoms with E-state index < -0.39 is 6.09 Å². The van der Waals surface area contributed by atoms with E-state index in [1.807, 2.05) is 0 Å². The molecule has 1 fully saturated rings. The molecule has 1 aliphatic heterocycles. The van der Waals surface area contributed by atoms with Crippen molar-refractivity contribution in [2.75, 3.05) is 13.1 Å². The molecule has 2 heterocycles. The molecule has 2 rings (SSSR count). The van der Waals surface area contributed by atoms with Crippen LogP contribution < -0.4 is 5.32 Å². The van der Waals surface area contributed by atoms with Crippen LogP contribution in [0.2, 0.25) is 5.15 Å². The molecule has 0 saturated carbocycles. The number of nitrogens with one attached hydrogen (secondary N) is 1. The largest absolute Gasteiger partial charge is 0.465 e. The van der Waals surface area contributed by atoms with E-state index in [-0.39, 0.29) is 22.8 Å². The van der Waals surface area contributed by atoms with Gasteiger partial charge in [0.05, 0.1) is 12.4 Å². The van der Waals surface area contributed by atoms with Gasteiger partial charge in [-0.3, -0.25) is 4.79 Å². The van der Waals surface area contributed by atoms with Crippen molar-refractivity contribution in [3.05, 3.63) is 23.2 Å². The molecule has 102 valence electrons. The van der Waals surface area contributed by atoms with Crippen LogP contribution in [0, 0.1) is 0 Å². The molecule has 1 aromatic heterocycles. The van der Waals surface area contributed by atoms with E-state index in [0.29, 0.717) is 25.9 Å². The standard InChI is InChI=1S/C11H13ClN4O3/c12-9-6-13-8(5-14-9)10(17)15-7-1-3-16(4-2-7)11(18)19/h5-7H,1-4H2,(H,15,17)(H,18,19). The summed E-state index contributed by atoms with van der Waals surface area (Å²) in [5, 5.41) is 11.9. The summed E-state index contributed by atoms with van der Waals surface area (Å²) in [5.74, 6) is -0.321. The zero-order chi connectivity index (χ0) is 13.8. The molecule has 0 atom stereocenters. The maximum Gasteiger partial charge on any atom is 0.407 e. The second-order valence-electron chi connectivity index (χ2n) is 4.24. The second-order valence-corrected chi connectivity index (χ2v) is 4.63. The molecule has 1 saturated heterocycles. The van der Waals surface area contributed by atoms with Gasteiger partial charge in [-0.15, -0.1) is 0 Å². The molecular formula is C11H13ClN4O3. The average molecular weight is 285 g/mol. The van der Waals surface area contributed by atoms with Crippen molar-refractivity contribution >= 4 is 23.6 Å². The Kier molecular flexibility index (Phi) is 4.16. The fourth-order valence-corrected chi connectivity index (χ4v) is 2.00. The Labute approximate surface area is 114 Å². The summed E-state index contributed by atoms with van der Waals surface area (Å²) in [5.41, 5.74) is 0.199. The third-order valence-electron chi connectivity index (χ3n) is 2.95. The van der Waals surface area contributed by atoms with Gasteiger partial charge < -0.3 is 15.3 Å². The lowest BCUT2D eigenvalue weighted by Gasteiger charge is -2.30. The number of likely N-dealkylation sites (tertiary alicyclic amines) is 1. The normalized spacial score (nSPS) is 16.2. The predicted molar refractivity (Wildman–Crippen MR) is 67.1 cm³/mol. The molecule has 0 unspecified atom stereocenters. The number of halogens is 1. The van der Waals surface area contributed by atoms with Gasteiger partial charge in [0.15, 0.2) is 0 Å². The molecule has 0 aromatic carbocycles. The number of carbonyl (C=O) groups is 2. The number of amides is 2. The number of rotatable bonds is 2. The second kappa shape index (κ2) is 5.83. The number of hydrogen-bond donors (Lipinski definition) is 2. The van der Waals surface area contributed by atoms with Gasteiger partial charge in [-0.05, 0) is 12.8 Å². The van der Waals surface area contributed by atoms with Gasteiger partial charge in [0, 0.05) is 19.1 Å². The fraction of sp³-hybridized carbons (Fsp3) is 0.455. The van der Waals surface area contributed by atoms with Crippen molar-refractivity contribution in [2.24, 2.45) is 0 Å². The number of aromatic nitrogens is 2. The minimum Gasteiger partial charge on any atom is -0.465 e. The van der Waals surface area contributed by atoms with Gasteiger partial charge in [0.25, 0.3) is 5.91 Å². The van der Waals surface area contributed by atoms with Gasteiger partial charge >= 0.3 is 6.09 Å². The van der Waals surface area contributed by atoms with Crippen LogP contribution in [0.15, 0.2) is 12.4 Å². The van der Waals surface area contributed by atoms with E-state index in [2.05, 4.69) is 15.3 Å². The van der Waals surface area contributed by atoms with Crippen molar-refractivity contribution in [2.45, 2.75) is 18.9 Å². The lowest BCUT2D eigenvalue weighted by molar-refractivity contribution is 0.0902. The molecule has 2 N–H and O–H groups in total. The van der Waals surface area contributed by atoms with Crippen molar-refractivity contribution in [3.63, 3.8) is 0 Å². The van der Waals surface area contributed by atoms with Gasteiger partial charge in [-0.2, -0.15) is 0 Å². The first kappa shape index (κ1) is 13.5. The van der Waals surface area contributed by atoms with E-state index in [4.69, 9.17) is 16.7 Å². The monoisotopic (exact) mass is 284 g/mol. The highest BCUT2D eigenvalue weighted by atomic mass is 35.5. The van der Waals surface area contributed by atoms with E-state index >= 15 is 0 Å². The summed E-state index contributed by atoms with van der Waals surface area (Å²) in [6.45, 7) is 0.846. The van der Waals surface area contributed by atoms with E-state index in [9.17, 15) is 9.59 Å². The number of carbonyl (C=O) groups excluding carboxylic acids is 1. The van der Waals surface area contributed by atoms with Crippen LogP contribution in [0.5, 0.6) is 0 Å². The maximum absolute atomic E-state index is 11.9. The molecule has 0 radical (unpaired) electrons. The molecule has 19 heavy (non-hydrogen) atoms. The molecule has 2 amide bonds. The third kappa shape index (κ3) is 3.54. The first-order valence-electron chi connectivity index (χ1n) is 5.82. The fourth-order valence-electron chi connectivity index (χ4n) is 1.90. The molecule has 1 aromatic rings. The Morgan fingerprint density at radius 3 is 2.53 bits per heavy atom. The van der Waals surface area contributed by atoms with Crippen LogP contribution in [-0.2, 0) is 0 Å². The van der Waals surface area contributed by atoms with E-state index in [0.717, 1.165) is 0 Å². The molecule has 0 bridgehead atoms. The summed E-state index contributed by atoms with van der Waals surface area (Å²) >= 11 is 5.59. The predicted octanol–water partition coefficient (Wildman–Crippen LogP) is 1.00. The molecule has 0 aliphatic carbocycles. The average Bonchev–Trinajstić information content (AvgIpc) is 2.40. The van der Waals surface area contributed by atoms with Gasteiger partial charge in [0.1, 0.15) is 10.8 Å². The summed E-state index contributed by atoms with van der Waals surface area (Å²) in [7, 11) is 0. The quantitative estimate of drug-likeness (QED) is 0.845. The first-order chi connectivity index (χ1) is 9.06. The Morgan fingerprint density at radius 2 is 2.00 bits per heavy atom. The zero-order valence-corrected chi connectivity index (χ0v) is 10.8. The Morgan fingerprint density at radius 1 is 1.32 bits per heavy atom. The minimum atomic E-state index is -0.923. The topological polar surface area (TPSA) is 95.4 Å². The third-order valence-corrected chi connectivity index (χ3v) is 3.15. The van der Waals surface area contributed by atoms with Crippen molar-refractivity contribution in [3.8, 4) is 0 Å². The summed E-state index contributed by atoms with van der Waals surface area (Å²) in [6.07, 6.45) is 2.89. The lowest BCUT2D eigenvalue weighted by atomic mass is 10.1. The highest BCUT2D eigenvalue weighted by Crippen LogP contribution is 2.11. The van der Waals surface area contributed by atoms with Crippen LogP contribution in [0.3, 0.4) is 0 Å². The maximum atomic E-state index is 11.9. The molecular weight excluding hydrogens is 272 g/mol. The molecule has 1 aliphatic rings. The van der Waals surface area contributed by atoms with Crippen molar-refractivity contribution < 1.29 is 14.7 Å².